The summed E-state index contributed by atoms with van der Waals surface area (Å²) in [6, 6.07) is 7.23. The van der Waals surface area contributed by atoms with Gasteiger partial charge in [0.25, 0.3) is 0 Å². The van der Waals surface area contributed by atoms with Crippen molar-refractivity contribution in [1.29, 1.82) is 0 Å². The molecular weight excluding hydrogens is 238 g/mol. The molecule has 3 nitrogen and oxygen atoms in total. The summed E-state index contributed by atoms with van der Waals surface area (Å²) in [6.07, 6.45) is 2.99. The first kappa shape index (κ1) is 11.5. The molecule has 2 fully saturated rings. The maximum absolute atomic E-state index is 12.3. The van der Waals surface area contributed by atoms with E-state index in [0.717, 1.165) is 19.3 Å². The van der Waals surface area contributed by atoms with Gasteiger partial charge >= 0.3 is 5.97 Å². The highest BCUT2D eigenvalue weighted by Crippen LogP contribution is 2.77. The maximum atomic E-state index is 12.3. The molecule has 3 aliphatic rings. The Morgan fingerprint density at radius 1 is 1.53 bits per heavy atom. The van der Waals surface area contributed by atoms with Crippen molar-refractivity contribution in [2.45, 2.75) is 50.7 Å². The SMILES string of the molecule is CCCCOC(=O)C12C[C@@H]3c4c(C)cccc4[C@H]1N32. The Balaban J connectivity index is 1.57. The molecule has 0 saturated carbocycles. The Bertz CT molecular complexity index is 568. The number of rotatable bonds is 4. The van der Waals surface area contributed by atoms with E-state index in [1.807, 2.05) is 0 Å². The molecule has 0 aromatic heterocycles. The van der Waals surface area contributed by atoms with Crippen LogP contribution < -0.4 is 0 Å². The maximum Gasteiger partial charge on any atom is 0.328 e. The van der Waals surface area contributed by atoms with Crippen LogP contribution in [0.1, 0.15) is 55.0 Å². The van der Waals surface area contributed by atoms with Crippen LogP contribution in [0, 0.1) is 6.92 Å². The third-order valence-electron chi connectivity index (χ3n) is 5.03. The lowest BCUT2D eigenvalue weighted by Gasteiger charge is -2.36. The van der Waals surface area contributed by atoms with Gasteiger partial charge in [0.05, 0.1) is 12.6 Å². The van der Waals surface area contributed by atoms with E-state index in [4.69, 9.17) is 4.74 Å². The van der Waals surface area contributed by atoms with E-state index in [1.54, 1.807) is 0 Å². The zero-order valence-corrected chi connectivity index (χ0v) is 11.5. The average molecular weight is 257 g/mol. The Morgan fingerprint density at radius 2 is 2.37 bits per heavy atom. The highest BCUT2D eigenvalue weighted by Gasteiger charge is 2.83. The average Bonchev–Trinajstić information content (AvgIpc) is 2.80. The molecule has 1 aromatic carbocycles. The number of hydrogen-bond donors (Lipinski definition) is 0. The minimum absolute atomic E-state index is 0.00866. The van der Waals surface area contributed by atoms with Gasteiger partial charge in [-0.15, -0.1) is 0 Å². The number of hydrogen-bond acceptors (Lipinski definition) is 3. The third-order valence-corrected chi connectivity index (χ3v) is 5.03. The Morgan fingerprint density at radius 3 is 3.16 bits per heavy atom. The van der Waals surface area contributed by atoms with E-state index in [0.29, 0.717) is 18.7 Å². The van der Waals surface area contributed by atoms with Crippen LogP contribution in [0.25, 0.3) is 0 Å². The standard InChI is InChI=1S/C16H19NO2/c1-3-4-8-19-15(18)16-9-12-13-10(2)6-5-7-11(13)14(16)17(12)16/h5-7,12,14H,3-4,8-9H2,1-2H3/t12-,14-,16?,17?/m1/s1. The number of carbonyl (C=O) groups excluding carboxylic acids is 1. The number of benzene rings is 1. The van der Waals surface area contributed by atoms with Crippen LogP contribution in [0.4, 0.5) is 0 Å². The molecule has 2 unspecified atom stereocenters. The summed E-state index contributed by atoms with van der Waals surface area (Å²) >= 11 is 0. The summed E-state index contributed by atoms with van der Waals surface area (Å²) in [5, 5.41) is 0. The second-order valence-electron chi connectivity index (χ2n) is 6.02. The number of esters is 1. The number of carbonyl (C=O) groups is 1. The molecule has 2 saturated heterocycles. The van der Waals surface area contributed by atoms with Crippen molar-refractivity contribution in [1.82, 2.24) is 4.90 Å². The topological polar surface area (TPSA) is 29.3 Å². The summed E-state index contributed by atoms with van der Waals surface area (Å²) < 4.78 is 5.45. The van der Waals surface area contributed by atoms with Crippen LogP contribution in [-0.2, 0) is 9.53 Å². The lowest BCUT2D eigenvalue weighted by Crippen LogP contribution is -2.45. The molecule has 19 heavy (non-hydrogen) atoms. The number of unbranched alkanes of at least 4 members (excludes halogenated alkanes) is 1. The van der Waals surface area contributed by atoms with Gasteiger partial charge < -0.3 is 4.74 Å². The second kappa shape index (κ2) is 3.60. The molecule has 4 rings (SSSR count). The third kappa shape index (κ3) is 1.20. The van der Waals surface area contributed by atoms with Gasteiger partial charge in [0.2, 0.25) is 0 Å². The van der Waals surface area contributed by atoms with Crippen molar-refractivity contribution in [2.75, 3.05) is 6.61 Å². The number of nitrogens with zero attached hydrogens (tertiary/aromatic N) is 1. The van der Waals surface area contributed by atoms with Crippen LogP contribution in [0.5, 0.6) is 0 Å². The van der Waals surface area contributed by atoms with Gasteiger partial charge in [-0.05, 0) is 36.5 Å². The van der Waals surface area contributed by atoms with Crippen molar-refractivity contribution in [3.05, 3.63) is 34.9 Å². The predicted octanol–water partition coefficient (Wildman–Crippen LogP) is 2.89. The van der Waals surface area contributed by atoms with Crippen LogP contribution in [0.2, 0.25) is 0 Å². The molecule has 4 atom stereocenters. The molecule has 0 spiro atoms. The van der Waals surface area contributed by atoms with E-state index in [-0.39, 0.29) is 11.5 Å². The monoisotopic (exact) mass is 257 g/mol. The summed E-state index contributed by atoms with van der Waals surface area (Å²) in [7, 11) is 0. The largest absolute Gasteiger partial charge is 0.464 e. The Kier molecular flexibility index (Phi) is 2.17. The van der Waals surface area contributed by atoms with Gasteiger partial charge in [-0.3, -0.25) is 4.90 Å². The first-order chi connectivity index (χ1) is 9.21. The zero-order valence-electron chi connectivity index (χ0n) is 11.5. The van der Waals surface area contributed by atoms with Crippen molar-refractivity contribution in [3.8, 4) is 0 Å². The highest BCUT2D eigenvalue weighted by atomic mass is 16.5. The molecular formula is C16H19NO2. The normalized spacial score (nSPS) is 36.2. The first-order valence-electron chi connectivity index (χ1n) is 7.27. The molecule has 100 valence electrons. The first-order valence-corrected chi connectivity index (χ1v) is 7.27. The molecule has 0 aliphatic carbocycles. The van der Waals surface area contributed by atoms with Crippen molar-refractivity contribution in [3.63, 3.8) is 0 Å². The van der Waals surface area contributed by atoms with Crippen LogP contribution >= 0.6 is 0 Å². The van der Waals surface area contributed by atoms with Gasteiger partial charge in [-0.2, -0.15) is 0 Å². The van der Waals surface area contributed by atoms with Gasteiger partial charge in [0.1, 0.15) is 5.54 Å². The van der Waals surface area contributed by atoms with Gasteiger partial charge in [-0.25, -0.2) is 4.79 Å². The summed E-state index contributed by atoms with van der Waals surface area (Å²) in [6.45, 7) is 4.85. The van der Waals surface area contributed by atoms with Crippen LogP contribution in [-0.4, -0.2) is 23.0 Å². The van der Waals surface area contributed by atoms with Crippen LogP contribution in [0.15, 0.2) is 18.2 Å². The molecule has 1 aromatic rings. The molecule has 3 aliphatic heterocycles. The molecule has 0 bridgehead atoms. The molecule has 3 heterocycles. The second-order valence-corrected chi connectivity index (χ2v) is 6.02. The fourth-order valence-corrected chi connectivity index (χ4v) is 4.09. The summed E-state index contributed by atoms with van der Waals surface area (Å²) in [5.74, 6) is 0.00866. The van der Waals surface area contributed by atoms with E-state index in [9.17, 15) is 4.79 Å². The van der Waals surface area contributed by atoms with E-state index >= 15 is 0 Å². The van der Waals surface area contributed by atoms with Crippen molar-refractivity contribution >= 4 is 5.97 Å². The van der Waals surface area contributed by atoms with E-state index < -0.39 is 0 Å². The lowest BCUT2D eigenvalue weighted by molar-refractivity contribution is -0.152. The van der Waals surface area contributed by atoms with Gasteiger partial charge in [-0.1, -0.05) is 31.5 Å². The van der Waals surface area contributed by atoms with E-state index in [2.05, 4.69) is 36.9 Å². The number of ether oxygens (including phenoxy) is 1. The quantitative estimate of drug-likeness (QED) is 0.472. The minimum Gasteiger partial charge on any atom is -0.464 e. The zero-order chi connectivity index (χ0) is 13.2. The number of aryl methyl sites for hydroxylation is 1. The van der Waals surface area contributed by atoms with Gasteiger partial charge in [0.15, 0.2) is 0 Å². The van der Waals surface area contributed by atoms with Gasteiger partial charge in [0, 0.05) is 6.04 Å². The predicted molar refractivity (Wildman–Crippen MR) is 71.7 cm³/mol. The molecule has 0 radical (unpaired) electrons. The molecule has 3 heteroatoms. The molecule has 0 amide bonds. The van der Waals surface area contributed by atoms with Crippen molar-refractivity contribution < 1.29 is 9.53 Å². The minimum atomic E-state index is -0.279. The number of fused-ring (bicyclic) bond motifs is 4. The highest BCUT2D eigenvalue weighted by molar-refractivity contribution is 5.90. The lowest BCUT2D eigenvalue weighted by atomic mass is 9.77. The fourth-order valence-electron chi connectivity index (χ4n) is 4.09. The van der Waals surface area contributed by atoms with E-state index in [1.165, 1.54) is 16.7 Å². The fraction of sp³-hybridized carbons (Fsp3) is 0.562. The summed E-state index contributed by atoms with van der Waals surface area (Å²) in [4.78, 5) is 14.6. The Hall–Kier alpha value is -1.35. The Labute approximate surface area is 113 Å². The summed E-state index contributed by atoms with van der Waals surface area (Å²) in [5.41, 5.74) is 3.92. The smallest absolute Gasteiger partial charge is 0.328 e. The van der Waals surface area contributed by atoms with Crippen LogP contribution in [0.3, 0.4) is 0 Å². The van der Waals surface area contributed by atoms with Crippen molar-refractivity contribution in [2.24, 2.45) is 0 Å². The molecule has 0 N–H and O–H groups in total.